The van der Waals surface area contributed by atoms with Gasteiger partial charge in [0.1, 0.15) is 5.75 Å². The highest BCUT2D eigenvalue weighted by Crippen LogP contribution is 2.19. The fourth-order valence-corrected chi connectivity index (χ4v) is 1.41. The Bertz CT molecular complexity index is 438. The number of hydrogen-bond acceptors (Lipinski definition) is 3. The average Bonchev–Trinajstić information content (AvgIpc) is 2.71. The van der Waals surface area contributed by atoms with Crippen molar-refractivity contribution < 1.29 is 10.2 Å². The highest BCUT2D eigenvalue weighted by atomic mass is 16.3. The van der Waals surface area contributed by atoms with Gasteiger partial charge in [-0.1, -0.05) is 18.2 Å². The standard InChI is InChI=1S/C11H12N2O.CH4O/c1-8-10(13-7-12-8)6-9-4-2-3-5-11(9)14;1-2/h2-5,7,14H,6H2,1H3,(H,12,13);2H,1H3. The van der Waals surface area contributed by atoms with E-state index in [9.17, 15) is 5.11 Å². The van der Waals surface area contributed by atoms with Gasteiger partial charge in [-0.3, -0.25) is 0 Å². The maximum atomic E-state index is 9.56. The van der Waals surface area contributed by atoms with Crippen LogP contribution in [0.25, 0.3) is 0 Å². The van der Waals surface area contributed by atoms with Gasteiger partial charge in [0.15, 0.2) is 0 Å². The zero-order chi connectivity index (χ0) is 12.0. The zero-order valence-corrected chi connectivity index (χ0v) is 9.44. The van der Waals surface area contributed by atoms with Crippen molar-refractivity contribution in [1.29, 1.82) is 0 Å². The van der Waals surface area contributed by atoms with Crippen LogP contribution in [0.15, 0.2) is 30.6 Å². The smallest absolute Gasteiger partial charge is 0.119 e. The molecular weight excluding hydrogens is 204 g/mol. The van der Waals surface area contributed by atoms with Crippen molar-refractivity contribution in [1.82, 2.24) is 9.97 Å². The van der Waals surface area contributed by atoms with Crippen LogP contribution in [0.1, 0.15) is 17.0 Å². The lowest BCUT2D eigenvalue weighted by Crippen LogP contribution is -1.91. The summed E-state index contributed by atoms with van der Waals surface area (Å²) in [5.41, 5.74) is 2.93. The second-order valence-corrected chi connectivity index (χ2v) is 3.28. The number of aliphatic hydroxyl groups is 1. The van der Waals surface area contributed by atoms with Crippen LogP contribution in [0.2, 0.25) is 0 Å². The lowest BCUT2D eigenvalue weighted by atomic mass is 10.1. The van der Waals surface area contributed by atoms with E-state index < -0.39 is 0 Å². The Labute approximate surface area is 94.6 Å². The molecule has 0 aliphatic rings. The number of hydrogen-bond donors (Lipinski definition) is 3. The van der Waals surface area contributed by atoms with E-state index in [1.54, 1.807) is 12.4 Å². The van der Waals surface area contributed by atoms with Gasteiger partial charge >= 0.3 is 0 Å². The minimum atomic E-state index is 0.329. The van der Waals surface area contributed by atoms with Gasteiger partial charge in [-0.15, -0.1) is 0 Å². The normalized spacial score (nSPS) is 9.44. The third-order valence-electron chi connectivity index (χ3n) is 2.28. The zero-order valence-electron chi connectivity index (χ0n) is 9.44. The molecule has 2 rings (SSSR count). The summed E-state index contributed by atoms with van der Waals surface area (Å²) in [7, 11) is 1.00. The van der Waals surface area contributed by atoms with Crippen LogP contribution in [0, 0.1) is 6.92 Å². The molecule has 0 radical (unpaired) electrons. The van der Waals surface area contributed by atoms with Crippen molar-refractivity contribution in [2.45, 2.75) is 13.3 Å². The molecule has 1 heterocycles. The Morgan fingerprint density at radius 2 is 1.94 bits per heavy atom. The van der Waals surface area contributed by atoms with E-state index in [2.05, 4.69) is 9.97 Å². The van der Waals surface area contributed by atoms with Crippen LogP contribution in [-0.4, -0.2) is 27.3 Å². The molecule has 0 spiro atoms. The molecule has 0 atom stereocenters. The molecule has 0 amide bonds. The number of aryl methyl sites for hydroxylation is 1. The van der Waals surface area contributed by atoms with Crippen LogP contribution in [0.4, 0.5) is 0 Å². The first-order valence-corrected chi connectivity index (χ1v) is 4.98. The molecule has 2 aromatic rings. The molecule has 4 nitrogen and oxygen atoms in total. The molecule has 0 saturated heterocycles. The lowest BCUT2D eigenvalue weighted by molar-refractivity contribution is 0.399. The van der Waals surface area contributed by atoms with Crippen molar-refractivity contribution in [3.8, 4) is 5.75 Å². The summed E-state index contributed by atoms with van der Waals surface area (Å²) >= 11 is 0. The number of rotatable bonds is 2. The second-order valence-electron chi connectivity index (χ2n) is 3.28. The SMILES string of the molecule is CO.Cc1[nH]cnc1Cc1ccccc1O. The van der Waals surface area contributed by atoms with Gasteiger partial charge in [0.2, 0.25) is 0 Å². The molecule has 0 bridgehead atoms. The number of benzene rings is 1. The van der Waals surface area contributed by atoms with E-state index >= 15 is 0 Å². The Morgan fingerprint density at radius 1 is 1.25 bits per heavy atom. The summed E-state index contributed by atoms with van der Waals surface area (Å²) in [6, 6.07) is 7.33. The molecule has 0 unspecified atom stereocenters. The van der Waals surface area contributed by atoms with Crippen molar-refractivity contribution >= 4 is 0 Å². The fourth-order valence-electron chi connectivity index (χ4n) is 1.41. The van der Waals surface area contributed by atoms with Crippen LogP contribution in [0.5, 0.6) is 5.75 Å². The van der Waals surface area contributed by atoms with Gasteiger partial charge < -0.3 is 15.2 Å². The fraction of sp³-hybridized carbons (Fsp3) is 0.250. The topological polar surface area (TPSA) is 69.1 Å². The van der Waals surface area contributed by atoms with Crippen molar-refractivity contribution in [3.05, 3.63) is 47.5 Å². The highest BCUT2D eigenvalue weighted by molar-refractivity contribution is 5.35. The summed E-state index contributed by atoms with van der Waals surface area (Å²) in [5.74, 6) is 0.329. The molecule has 0 aliphatic carbocycles. The second kappa shape index (κ2) is 5.92. The average molecular weight is 220 g/mol. The third kappa shape index (κ3) is 2.84. The predicted octanol–water partition coefficient (Wildman–Crippen LogP) is 1.62. The molecule has 86 valence electrons. The third-order valence-corrected chi connectivity index (χ3v) is 2.28. The minimum Gasteiger partial charge on any atom is -0.508 e. The molecule has 3 N–H and O–H groups in total. The van der Waals surface area contributed by atoms with E-state index in [0.29, 0.717) is 12.2 Å². The summed E-state index contributed by atoms with van der Waals surface area (Å²) in [6.45, 7) is 1.97. The first kappa shape index (κ1) is 12.3. The number of phenols is 1. The van der Waals surface area contributed by atoms with E-state index in [-0.39, 0.29) is 0 Å². The molecule has 4 heteroatoms. The van der Waals surface area contributed by atoms with Gasteiger partial charge in [0.05, 0.1) is 12.0 Å². The van der Waals surface area contributed by atoms with E-state index in [4.69, 9.17) is 5.11 Å². The monoisotopic (exact) mass is 220 g/mol. The number of para-hydroxylation sites is 1. The van der Waals surface area contributed by atoms with E-state index in [0.717, 1.165) is 24.1 Å². The largest absolute Gasteiger partial charge is 0.508 e. The number of aromatic hydroxyl groups is 1. The number of aromatic nitrogens is 2. The maximum absolute atomic E-state index is 9.56. The molecule has 16 heavy (non-hydrogen) atoms. The molecule has 0 fully saturated rings. The van der Waals surface area contributed by atoms with Crippen molar-refractivity contribution in [2.75, 3.05) is 7.11 Å². The predicted molar refractivity (Wildman–Crippen MR) is 62.4 cm³/mol. The van der Waals surface area contributed by atoms with Gasteiger partial charge in [-0.25, -0.2) is 4.98 Å². The van der Waals surface area contributed by atoms with Crippen LogP contribution in [0.3, 0.4) is 0 Å². The maximum Gasteiger partial charge on any atom is 0.119 e. The summed E-state index contributed by atoms with van der Waals surface area (Å²) in [4.78, 5) is 7.20. The molecule has 1 aromatic carbocycles. The van der Waals surface area contributed by atoms with Gasteiger partial charge in [-0.05, 0) is 18.6 Å². The molecule has 0 saturated carbocycles. The number of aliphatic hydroxyl groups excluding tert-OH is 1. The number of nitrogens with one attached hydrogen (secondary N) is 1. The first-order valence-electron chi connectivity index (χ1n) is 4.98. The van der Waals surface area contributed by atoms with E-state index in [1.807, 2.05) is 25.1 Å². The summed E-state index contributed by atoms with van der Waals surface area (Å²) < 4.78 is 0. The number of imidazole rings is 1. The Morgan fingerprint density at radius 3 is 2.50 bits per heavy atom. The van der Waals surface area contributed by atoms with Gasteiger partial charge in [-0.2, -0.15) is 0 Å². The lowest BCUT2D eigenvalue weighted by Gasteiger charge is -2.02. The Hall–Kier alpha value is -1.81. The van der Waals surface area contributed by atoms with Gasteiger partial charge in [0, 0.05) is 19.2 Å². The molecular formula is C12H16N2O2. The van der Waals surface area contributed by atoms with E-state index in [1.165, 1.54) is 0 Å². The van der Waals surface area contributed by atoms with Crippen molar-refractivity contribution in [3.63, 3.8) is 0 Å². The Kier molecular flexibility index (Phi) is 4.54. The number of H-pyrrole nitrogens is 1. The quantitative estimate of drug-likeness (QED) is 0.720. The summed E-state index contributed by atoms with van der Waals surface area (Å²) in [5, 5.41) is 16.6. The van der Waals surface area contributed by atoms with Crippen LogP contribution >= 0.6 is 0 Å². The van der Waals surface area contributed by atoms with Crippen LogP contribution < -0.4 is 0 Å². The minimum absolute atomic E-state index is 0.329. The number of aromatic amines is 1. The van der Waals surface area contributed by atoms with Crippen LogP contribution in [-0.2, 0) is 6.42 Å². The van der Waals surface area contributed by atoms with Gasteiger partial charge in [0.25, 0.3) is 0 Å². The number of phenolic OH excluding ortho intramolecular Hbond substituents is 1. The molecule has 0 aliphatic heterocycles. The summed E-state index contributed by atoms with van der Waals surface area (Å²) in [6.07, 6.45) is 2.34. The number of nitrogens with zero attached hydrogens (tertiary/aromatic N) is 1. The van der Waals surface area contributed by atoms with Crippen molar-refractivity contribution in [2.24, 2.45) is 0 Å². The Balaban J connectivity index is 0.000000606. The highest BCUT2D eigenvalue weighted by Gasteiger charge is 2.05. The first-order chi connectivity index (χ1) is 7.77. The molecule has 1 aromatic heterocycles.